The number of nitrogens with one attached hydrogen (secondary N) is 1. The van der Waals surface area contributed by atoms with Crippen molar-refractivity contribution in [2.24, 2.45) is 0 Å². The molecule has 1 N–H and O–H groups in total. The Morgan fingerprint density at radius 3 is 1.97 bits per heavy atom. The highest BCUT2D eigenvalue weighted by Crippen LogP contribution is 2.22. The van der Waals surface area contributed by atoms with Gasteiger partial charge in [0.2, 0.25) is 15.9 Å². The van der Waals surface area contributed by atoms with Crippen LogP contribution < -0.4 is 5.32 Å². The maximum Gasteiger partial charge on any atom is 0.310 e. The predicted octanol–water partition coefficient (Wildman–Crippen LogP) is 4.93. The van der Waals surface area contributed by atoms with Crippen LogP contribution in [0.5, 0.6) is 0 Å². The first kappa shape index (κ1) is 26.7. The van der Waals surface area contributed by atoms with Crippen LogP contribution in [0.25, 0.3) is 0 Å². The molecule has 0 atom stereocenters. The van der Waals surface area contributed by atoms with Gasteiger partial charge in [0.15, 0.2) is 0 Å². The van der Waals surface area contributed by atoms with Crippen LogP contribution in [0.2, 0.25) is 10.0 Å². The molecule has 35 heavy (non-hydrogen) atoms. The van der Waals surface area contributed by atoms with E-state index in [4.69, 9.17) is 27.9 Å². The van der Waals surface area contributed by atoms with E-state index in [9.17, 15) is 18.0 Å². The molecule has 3 aromatic carbocycles. The van der Waals surface area contributed by atoms with E-state index in [2.05, 4.69) is 5.32 Å². The van der Waals surface area contributed by atoms with E-state index >= 15 is 0 Å². The number of benzene rings is 3. The fourth-order valence-electron chi connectivity index (χ4n) is 3.22. The van der Waals surface area contributed by atoms with E-state index in [1.54, 1.807) is 55.5 Å². The second kappa shape index (κ2) is 12.2. The fraction of sp³-hybridized carbons (Fsp3) is 0.200. The average molecular weight is 535 g/mol. The smallest absolute Gasteiger partial charge is 0.310 e. The number of rotatable bonds is 10. The molecule has 1 amide bonds. The van der Waals surface area contributed by atoms with E-state index in [0.717, 1.165) is 9.87 Å². The van der Waals surface area contributed by atoms with Gasteiger partial charge in [-0.3, -0.25) is 9.59 Å². The number of carbonyl (C=O) groups is 2. The molecule has 0 saturated carbocycles. The van der Waals surface area contributed by atoms with Crippen LogP contribution in [-0.4, -0.2) is 37.8 Å². The van der Waals surface area contributed by atoms with Crippen LogP contribution in [0, 0.1) is 0 Å². The second-order valence-corrected chi connectivity index (χ2v) is 10.4. The van der Waals surface area contributed by atoms with Crippen molar-refractivity contribution < 1.29 is 22.7 Å². The predicted molar refractivity (Wildman–Crippen MR) is 136 cm³/mol. The quantitative estimate of drug-likeness (QED) is 0.372. The Bertz CT molecular complexity index is 1260. The van der Waals surface area contributed by atoms with Crippen LogP contribution in [-0.2, 0) is 37.3 Å². The van der Waals surface area contributed by atoms with Gasteiger partial charge in [-0.15, -0.1) is 0 Å². The van der Waals surface area contributed by atoms with Gasteiger partial charge >= 0.3 is 5.97 Å². The largest absolute Gasteiger partial charge is 0.466 e. The van der Waals surface area contributed by atoms with Gasteiger partial charge in [0.1, 0.15) is 0 Å². The molecular weight excluding hydrogens is 511 g/mol. The molecule has 10 heteroatoms. The van der Waals surface area contributed by atoms with Gasteiger partial charge in [-0.25, -0.2) is 8.42 Å². The zero-order valence-electron chi connectivity index (χ0n) is 18.9. The van der Waals surface area contributed by atoms with Gasteiger partial charge in [0.25, 0.3) is 0 Å². The summed E-state index contributed by atoms with van der Waals surface area (Å²) in [5.41, 5.74) is 1.87. The maximum atomic E-state index is 13.3. The number of amides is 1. The highest BCUT2D eigenvalue weighted by molar-refractivity contribution is 7.89. The zero-order chi connectivity index (χ0) is 25.4. The lowest BCUT2D eigenvalue weighted by Crippen LogP contribution is -2.37. The molecule has 3 aromatic rings. The van der Waals surface area contributed by atoms with Gasteiger partial charge in [0.05, 0.1) is 24.5 Å². The molecule has 0 heterocycles. The third-order valence-corrected chi connectivity index (χ3v) is 7.24. The van der Waals surface area contributed by atoms with Gasteiger partial charge in [-0.05, 0) is 66.6 Å². The van der Waals surface area contributed by atoms with Crippen molar-refractivity contribution in [2.45, 2.75) is 24.8 Å². The molecule has 0 aromatic heterocycles. The summed E-state index contributed by atoms with van der Waals surface area (Å²) in [6, 6.07) is 19.1. The monoisotopic (exact) mass is 534 g/mol. The number of hydrogen-bond acceptors (Lipinski definition) is 5. The summed E-state index contributed by atoms with van der Waals surface area (Å²) in [7, 11) is -4.01. The van der Waals surface area contributed by atoms with E-state index in [1.807, 2.05) is 0 Å². The number of hydrogen-bond donors (Lipinski definition) is 1. The van der Waals surface area contributed by atoms with Crippen LogP contribution in [0.4, 0.5) is 5.69 Å². The number of anilines is 1. The maximum absolute atomic E-state index is 13.3. The van der Waals surface area contributed by atoms with Crippen molar-refractivity contribution in [3.63, 3.8) is 0 Å². The van der Waals surface area contributed by atoms with Crippen LogP contribution in [0.1, 0.15) is 18.1 Å². The SMILES string of the molecule is CCOC(=O)Cc1ccc(NC(=O)CN(Cc2ccc(Cl)cc2)S(=O)(=O)c2ccc(Cl)cc2)cc1. The van der Waals surface area contributed by atoms with Crippen molar-refractivity contribution in [1.82, 2.24) is 4.31 Å². The lowest BCUT2D eigenvalue weighted by molar-refractivity contribution is -0.142. The Morgan fingerprint density at radius 1 is 0.857 bits per heavy atom. The summed E-state index contributed by atoms with van der Waals surface area (Å²) in [5, 5.41) is 3.62. The number of ether oxygens (including phenoxy) is 1. The van der Waals surface area contributed by atoms with Gasteiger partial charge in [-0.1, -0.05) is 47.5 Å². The highest BCUT2D eigenvalue weighted by atomic mass is 35.5. The summed E-state index contributed by atoms with van der Waals surface area (Å²) < 4.78 is 32.7. The van der Waals surface area contributed by atoms with Crippen molar-refractivity contribution in [1.29, 1.82) is 0 Å². The van der Waals surface area contributed by atoms with Crippen molar-refractivity contribution in [3.8, 4) is 0 Å². The zero-order valence-corrected chi connectivity index (χ0v) is 21.2. The molecule has 3 rings (SSSR count). The van der Waals surface area contributed by atoms with E-state index in [-0.39, 0.29) is 23.8 Å². The Kier molecular flexibility index (Phi) is 9.28. The number of carbonyl (C=O) groups excluding carboxylic acids is 2. The Labute approximate surface area is 214 Å². The van der Waals surface area contributed by atoms with Crippen molar-refractivity contribution in [3.05, 3.63) is 94.0 Å². The van der Waals surface area contributed by atoms with E-state index in [1.165, 1.54) is 24.3 Å². The highest BCUT2D eigenvalue weighted by Gasteiger charge is 2.27. The molecule has 0 spiro atoms. The molecule has 0 unspecified atom stereocenters. The van der Waals surface area contributed by atoms with Crippen LogP contribution in [0.3, 0.4) is 0 Å². The molecule has 0 radical (unpaired) electrons. The lowest BCUT2D eigenvalue weighted by Gasteiger charge is -2.22. The summed E-state index contributed by atoms with van der Waals surface area (Å²) in [6.45, 7) is 1.59. The van der Waals surface area contributed by atoms with Crippen LogP contribution in [0.15, 0.2) is 77.7 Å². The number of esters is 1. The third kappa shape index (κ3) is 7.80. The van der Waals surface area contributed by atoms with Gasteiger partial charge in [-0.2, -0.15) is 4.31 Å². The first-order chi connectivity index (χ1) is 16.7. The number of halogens is 2. The first-order valence-corrected chi connectivity index (χ1v) is 12.9. The molecule has 7 nitrogen and oxygen atoms in total. The minimum atomic E-state index is -4.01. The summed E-state index contributed by atoms with van der Waals surface area (Å²) in [5.74, 6) is -0.857. The molecular formula is C25H24Cl2N2O5S. The topological polar surface area (TPSA) is 92.8 Å². The first-order valence-electron chi connectivity index (χ1n) is 10.7. The minimum Gasteiger partial charge on any atom is -0.466 e. The molecule has 0 aliphatic rings. The Balaban J connectivity index is 1.76. The number of sulfonamides is 1. The third-order valence-electron chi connectivity index (χ3n) is 4.94. The standard InChI is InChI=1S/C25H24Cl2N2O5S/c1-2-34-25(31)15-18-5-11-22(12-6-18)28-24(30)17-29(16-19-3-7-20(26)8-4-19)35(32,33)23-13-9-21(27)10-14-23/h3-14H,2,15-17H2,1H3,(H,28,30). The second-order valence-electron chi connectivity index (χ2n) is 7.58. The molecule has 0 saturated heterocycles. The van der Waals surface area contributed by atoms with Crippen molar-refractivity contribution >= 4 is 50.8 Å². The molecule has 0 aliphatic heterocycles. The molecule has 0 aliphatic carbocycles. The minimum absolute atomic E-state index is 0.0204. The lowest BCUT2D eigenvalue weighted by atomic mass is 10.1. The van der Waals surface area contributed by atoms with Crippen LogP contribution >= 0.6 is 23.2 Å². The van der Waals surface area contributed by atoms with Gasteiger partial charge in [0, 0.05) is 22.3 Å². The molecule has 0 fully saturated rings. The summed E-state index contributed by atoms with van der Waals surface area (Å²) in [4.78, 5) is 24.5. The number of nitrogens with zero attached hydrogens (tertiary/aromatic N) is 1. The van der Waals surface area contributed by atoms with E-state index < -0.39 is 22.5 Å². The fourth-order valence-corrected chi connectivity index (χ4v) is 4.86. The van der Waals surface area contributed by atoms with E-state index in [0.29, 0.717) is 27.9 Å². The molecule has 0 bridgehead atoms. The Morgan fingerprint density at radius 2 is 1.40 bits per heavy atom. The summed E-state index contributed by atoms with van der Waals surface area (Å²) in [6.07, 6.45) is 0.121. The normalized spacial score (nSPS) is 11.3. The van der Waals surface area contributed by atoms with Gasteiger partial charge < -0.3 is 10.1 Å². The average Bonchev–Trinajstić information content (AvgIpc) is 2.82. The summed E-state index contributed by atoms with van der Waals surface area (Å²) >= 11 is 11.8. The molecule has 184 valence electrons. The van der Waals surface area contributed by atoms with Crippen molar-refractivity contribution in [2.75, 3.05) is 18.5 Å². The Hall–Kier alpha value is -2.91.